The van der Waals surface area contributed by atoms with Crippen molar-refractivity contribution < 1.29 is 5.11 Å². The molecule has 74 valence electrons. The van der Waals surface area contributed by atoms with Gasteiger partial charge in [-0.3, -0.25) is 0 Å². The summed E-state index contributed by atoms with van der Waals surface area (Å²) in [4.78, 5) is 0. The first-order valence-corrected chi connectivity index (χ1v) is 4.88. The molecule has 0 radical (unpaired) electrons. The first-order valence-electron chi connectivity index (χ1n) is 4.88. The molecule has 0 spiro atoms. The van der Waals surface area contributed by atoms with Crippen LogP contribution in [0.5, 0.6) is 5.75 Å². The maximum Gasteiger partial charge on any atom is 0.115 e. The fourth-order valence-corrected chi connectivity index (χ4v) is 1.28. The van der Waals surface area contributed by atoms with E-state index in [-0.39, 0.29) is 0 Å². The van der Waals surface area contributed by atoms with Crippen molar-refractivity contribution in [3.05, 3.63) is 54.6 Å². The van der Waals surface area contributed by atoms with Gasteiger partial charge in [0, 0.05) is 0 Å². The van der Waals surface area contributed by atoms with Crippen molar-refractivity contribution >= 4 is 0 Å². The van der Waals surface area contributed by atoms with E-state index in [2.05, 4.69) is 12.7 Å². The van der Waals surface area contributed by atoms with Crippen molar-refractivity contribution in [2.24, 2.45) is 0 Å². The Morgan fingerprint density at radius 3 is 2.57 bits per heavy atom. The lowest BCUT2D eigenvalue weighted by Gasteiger charge is -1.99. The van der Waals surface area contributed by atoms with Crippen molar-refractivity contribution in [2.75, 3.05) is 0 Å². The van der Waals surface area contributed by atoms with Crippen molar-refractivity contribution in [1.29, 1.82) is 0 Å². The smallest absolute Gasteiger partial charge is 0.115 e. The first-order chi connectivity index (χ1) is 6.83. The number of phenolic OH excluding ortho intramolecular Hbond substituents is 1. The highest BCUT2D eigenvalue weighted by molar-refractivity contribution is 5.25. The highest BCUT2D eigenvalue weighted by atomic mass is 16.3. The van der Waals surface area contributed by atoms with Crippen molar-refractivity contribution in [1.82, 2.24) is 0 Å². The topological polar surface area (TPSA) is 20.2 Å². The Morgan fingerprint density at radius 1 is 1.21 bits per heavy atom. The number of hydrogen-bond donors (Lipinski definition) is 1. The highest BCUT2D eigenvalue weighted by Gasteiger charge is 1.92. The third kappa shape index (κ3) is 3.94. The number of benzene rings is 1. The van der Waals surface area contributed by atoms with Gasteiger partial charge in [0.2, 0.25) is 0 Å². The molecule has 0 saturated heterocycles. The summed E-state index contributed by atoms with van der Waals surface area (Å²) in [6.07, 6.45) is 9.15. The Bertz CT molecular complexity index is 296. The number of phenols is 1. The third-order valence-corrected chi connectivity index (χ3v) is 2.04. The van der Waals surface area contributed by atoms with Crippen LogP contribution in [0.4, 0.5) is 0 Å². The summed E-state index contributed by atoms with van der Waals surface area (Å²) in [6.45, 7) is 3.61. The molecule has 1 heteroatoms. The second-order valence-electron chi connectivity index (χ2n) is 3.22. The van der Waals surface area contributed by atoms with Crippen LogP contribution in [0.1, 0.15) is 18.4 Å². The Kier molecular flexibility index (Phi) is 4.56. The predicted molar refractivity (Wildman–Crippen MR) is 60.4 cm³/mol. The number of rotatable bonds is 5. The molecule has 0 amide bonds. The lowest BCUT2D eigenvalue weighted by molar-refractivity contribution is 0.475. The second-order valence-corrected chi connectivity index (χ2v) is 3.22. The molecule has 0 aliphatic rings. The van der Waals surface area contributed by atoms with Crippen LogP contribution in [0.15, 0.2) is 49.1 Å². The Labute approximate surface area is 85.4 Å². The van der Waals surface area contributed by atoms with E-state index in [9.17, 15) is 0 Å². The van der Waals surface area contributed by atoms with E-state index in [4.69, 9.17) is 5.11 Å². The van der Waals surface area contributed by atoms with Crippen molar-refractivity contribution in [3.8, 4) is 5.75 Å². The zero-order valence-electron chi connectivity index (χ0n) is 8.32. The quantitative estimate of drug-likeness (QED) is 0.554. The molecule has 0 bridgehead atoms. The average Bonchev–Trinajstić information content (AvgIpc) is 2.21. The third-order valence-electron chi connectivity index (χ3n) is 2.04. The maximum absolute atomic E-state index is 9.08. The zero-order chi connectivity index (χ0) is 10.2. The molecule has 14 heavy (non-hydrogen) atoms. The fourth-order valence-electron chi connectivity index (χ4n) is 1.28. The molecular weight excluding hydrogens is 172 g/mol. The molecule has 0 fully saturated rings. The van der Waals surface area contributed by atoms with Crippen LogP contribution < -0.4 is 0 Å². The van der Waals surface area contributed by atoms with E-state index >= 15 is 0 Å². The molecule has 1 aromatic carbocycles. The fraction of sp³-hybridized carbons (Fsp3) is 0.231. The van der Waals surface area contributed by atoms with E-state index in [0.717, 1.165) is 19.3 Å². The molecule has 1 rings (SSSR count). The van der Waals surface area contributed by atoms with Crippen LogP contribution in [0, 0.1) is 0 Å². The summed E-state index contributed by atoms with van der Waals surface area (Å²) < 4.78 is 0. The molecular formula is C13H16O. The number of allylic oxidation sites excluding steroid dienone is 3. The Hall–Kier alpha value is -1.50. The molecule has 0 aliphatic heterocycles. The summed E-state index contributed by atoms with van der Waals surface area (Å²) in [5.41, 5.74) is 1.27. The van der Waals surface area contributed by atoms with Gasteiger partial charge in [-0.2, -0.15) is 0 Å². The summed E-state index contributed by atoms with van der Waals surface area (Å²) in [5, 5.41) is 9.08. The van der Waals surface area contributed by atoms with Crippen LogP contribution in [-0.4, -0.2) is 5.11 Å². The van der Waals surface area contributed by atoms with E-state index in [0.29, 0.717) is 5.75 Å². The van der Waals surface area contributed by atoms with Gasteiger partial charge in [-0.05, 0) is 37.0 Å². The minimum absolute atomic E-state index is 0.334. The van der Waals surface area contributed by atoms with Gasteiger partial charge in [0.25, 0.3) is 0 Å². The van der Waals surface area contributed by atoms with Gasteiger partial charge in [0.05, 0.1) is 0 Å². The van der Waals surface area contributed by atoms with Gasteiger partial charge in [-0.1, -0.05) is 36.9 Å². The molecule has 1 nitrogen and oxygen atoms in total. The maximum atomic E-state index is 9.08. The SMILES string of the molecule is C=C/C=C\CCCc1ccc(O)cc1. The first kappa shape index (κ1) is 10.6. The largest absolute Gasteiger partial charge is 0.508 e. The molecule has 1 aromatic rings. The van der Waals surface area contributed by atoms with Gasteiger partial charge in [0.15, 0.2) is 0 Å². The van der Waals surface area contributed by atoms with E-state index in [1.54, 1.807) is 18.2 Å². The molecule has 0 aliphatic carbocycles. The average molecular weight is 188 g/mol. The standard InChI is InChI=1S/C13H16O/c1-2-3-4-5-6-7-12-8-10-13(14)11-9-12/h2-4,8-11,14H,1,5-7H2/b4-3-. The number of unbranched alkanes of at least 4 members (excludes halogenated alkanes) is 1. The molecule has 0 atom stereocenters. The van der Waals surface area contributed by atoms with E-state index < -0.39 is 0 Å². The summed E-state index contributed by atoms with van der Waals surface area (Å²) >= 11 is 0. The van der Waals surface area contributed by atoms with Crippen LogP contribution in [-0.2, 0) is 6.42 Å². The van der Waals surface area contributed by atoms with Crippen LogP contribution in [0.3, 0.4) is 0 Å². The monoisotopic (exact) mass is 188 g/mol. The molecule has 0 unspecified atom stereocenters. The normalized spacial score (nSPS) is 10.6. The zero-order valence-corrected chi connectivity index (χ0v) is 8.32. The van der Waals surface area contributed by atoms with Crippen molar-refractivity contribution in [3.63, 3.8) is 0 Å². The minimum Gasteiger partial charge on any atom is -0.508 e. The highest BCUT2D eigenvalue weighted by Crippen LogP contribution is 2.11. The van der Waals surface area contributed by atoms with Crippen molar-refractivity contribution in [2.45, 2.75) is 19.3 Å². The second kappa shape index (κ2) is 6.03. The van der Waals surface area contributed by atoms with Gasteiger partial charge < -0.3 is 5.11 Å². The lowest BCUT2D eigenvalue weighted by Crippen LogP contribution is -1.83. The summed E-state index contributed by atoms with van der Waals surface area (Å²) in [5.74, 6) is 0.334. The van der Waals surface area contributed by atoms with E-state index in [1.807, 2.05) is 18.2 Å². The summed E-state index contributed by atoms with van der Waals surface area (Å²) in [7, 11) is 0. The molecule has 0 saturated carbocycles. The van der Waals surface area contributed by atoms with Crippen LogP contribution in [0.2, 0.25) is 0 Å². The lowest BCUT2D eigenvalue weighted by atomic mass is 10.1. The predicted octanol–water partition coefficient (Wildman–Crippen LogP) is 3.46. The van der Waals surface area contributed by atoms with Crippen LogP contribution in [0.25, 0.3) is 0 Å². The number of aryl methyl sites for hydroxylation is 1. The summed E-state index contributed by atoms with van der Waals surface area (Å²) in [6, 6.07) is 7.39. The van der Waals surface area contributed by atoms with Gasteiger partial charge in [0.1, 0.15) is 5.75 Å². The van der Waals surface area contributed by atoms with E-state index in [1.165, 1.54) is 5.56 Å². The molecule has 0 heterocycles. The van der Waals surface area contributed by atoms with Gasteiger partial charge in [-0.15, -0.1) is 0 Å². The minimum atomic E-state index is 0.334. The number of aromatic hydroxyl groups is 1. The molecule has 0 aromatic heterocycles. The van der Waals surface area contributed by atoms with Gasteiger partial charge in [-0.25, -0.2) is 0 Å². The Morgan fingerprint density at radius 2 is 1.93 bits per heavy atom. The van der Waals surface area contributed by atoms with Crippen LogP contribution >= 0.6 is 0 Å². The molecule has 1 N–H and O–H groups in total. The number of hydrogen-bond acceptors (Lipinski definition) is 1. The Balaban J connectivity index is 2.28. The van der Waals surface area contributed by atoms with Gasteiger partial charge >= 0.3 is 0 Å².